The largest absolute Gasteiger partial charge is 0.483 e. The first-order chi connectivity index (χ1) is 15.0. The van der Waals surface area contributed by atoms with Gasteiger partial charge in [-0.2, -0.15) is 0 Å². The van der Waals surface area contributed by atoms with Crippen molar-refractivity contribution in [2.75, 3.05) is 20.8 Å². The van der Waals surface area contributed by atoms with Gasteiger partial charge in [-0.15, -0.1) is 0 Å². The lowest BCUT2D eigenvalue weighted by atomic mass is 9.88. The summed E-state index contributed by atoms with van der Waals surface area (Å²) in [6.07, 6.45) is 0.834. The molecule has 164 valence electrons. The summed E-state index contributed by atoms with van der Waals surface area (Å²) < 4.78 is 11.4. The third-order valence-corrected chi connectivity index (χ3v) is 5.39. The highest BCUT2D eigenvalue weighted by Crippen LogP contribution is 2.28. The lowest BCUT2D eigenvalue weighted by molar-refractivity contribution is -0.120. The molecular formula is C25H31N3O3. The van der Waals surface area contributed by atoms with Crippen LogP contribution in [0.4, 0.5) is 0 Å². The summed E-state index contributed by atoms with van der Waals surface area (Å²) >= 11 is 0. The predicted octanol–water partition coefficient (Wildman–Crippen LogP) is 3.45. The Morgan fingerprint density at radius 1 is 1.00 bits per heavy atom. The molecule has 0 radical (unpaired) electrons. The van der Waals surface area contributed by atoms with Crippen LogP contribution in [0.2, 0.25) is 0 Å². The van der Waals surface area contributed by atoms with Crippen LogP contribution in [0.15, 0.2) is 70.6 Å². The number of carbonyl (C=O) groups is 1. The van der Waals surface area contributed by atoms with E-state index in [4.69, 9.17) is 19.5 Å². The Labute approximate surface area is 184 Å². The van der Waals surface area contributed by atoms with Gasteiger partial charge in [0, 0.05) is 6.42 Å². The van der Waals surface area contributed by atoms with E-state index >= 15 is 0 Å². The van der Waals surface area contributed by atoms with Gasteiger partial charge in [0.15, 0.2) is 5.54 Å². The van der Waals surface area contributed by atoms with E-state index in [1.165, 1.54) is 0 Å². The molecule has 1 amide bonds. The van der Waals surface area contributed by atoms with E-state index in [0.717, 1.165) is 11.1 Å². The number of ether oxygens (including phenoxy) is 2. The van der Waals surface area contributed by atoms with Gasteiger partial charge in [-0.3, -0.25) is 4.79 Å². The van der Waals surface area contributed by atoms with Crippen molar-refractivity contribution in [2.45, 2.75) is 38.3 Å². The molecule has 0 unspecified atom stereocenters. The van der Waals surface area contributed by atoms with E-state index in [2.05, 4.69) is 19.2 Å². The van der Waals surface area contributed by atoms with E-state index in [9.17, 15) is 4.79 Å². The van der Waals surface area contributed by atoms with Crippen LogP contribution in [0, 0.1) is 5.92 Å². The van der Waals surface area contributed by atoms with Gasteiger partial charge in [0.25, 0.3) is 0 Å². The topological polar surface area (TPSA) is 72.3 Å². The van der Waals surface area contributed by atoms with E-state index in [1.807, 2.05) is 60.7 Å². The highest BCUT2D eigenvalue weighted by Gasteiger charge is 2.44. The zero-order chi connectivity index (χ0) is 22.3. The van der Waals surface area contributed by atoms with E-state index < -0.39 is 5.54 Å². The number of hydrogen-bond donors (Lipinski definition) is 1. The number of nitrogens with zero attached hydrogens (tertiary/aromatic N) is 2. The fourth-order valence-corrected chi connectivity index (χ4v) is 3.78. The van der Waals surface area contributed by atoms with Gasteiger partial charge in [-0.25, -0.2) is 9.98 Å². The number of benzene rings is 2. The Morgan fingerprint density at radius 2 is 1.61 bits per heavy atom. The summed E-state index contributed by atoms with van der Waals surface area (Å²) in [5.74, 6) is 1.19. The molecule has 0 saturated carbocycles. The monoisotopic (exact) mass is 421 g/mol. The molecule has 0 bridgehead atoms. The Bertz CT molecular complexity index is 926. The number of carbonyl (C=O) groups excluding carboxylic acids is 1. The van der Waals surface area contributed by atoms with E-state index in [0.29, 0.717) is 24.6 Å². The zero-order valence-corrected chi connectivity index (χ0v) is 18.7. The van der Waals surface area contributed by atoms with Gasteiger partial charge in [0.05, 0.1) is 27.2 Å². The van der Waals surface area contributed by atoms with Gasteiger partial charge in [-0.05, 0) is 17.0 Å². The number of amides is 1. The molecule has 1 heterocycles. The molecule has 6 nitrogen and oxygen atoms in total. The summed E-state index contributed by atoms with van der Waals surface area (Å²) in [6, 6.07) is 19.5. The second-order valence-electron chi connectivity index (χ2n) is 8.11. The normalized spacial score (nSPS) is 20.6. The molecule has 0 aliphatic carbocycles. The second-order valence-corrected chi connectivity index (χ2v) is 8.11. The molecule has 2 aromatic rings. The van der Waals surface area contributed by atoms with Crippen molar-refractivity contribution in [1.82, 2.24) is 5.32 Å². The lowest BCUT2D eigenvalue weighted by Gasteiger charge is -2.36. The smallest absolute Gasteiger partial charge is 0.224 e. The summed E-state index contributed by atoms with van der Waals surface area (Å²) in [5.41, 5.74) is 1.16. The molecule has 2 atom stereocenters. The zero-order valence-electron chi connectivity index (χ0n) is 18.7. The maximum atomic E-state index is 12.7. The maximum absolute atomic E-state index is 12.7. The number of hydrogen-bond acceptors (Lipinski definition) is 5. The summed E-state index contributed by atoms with van der Waals surface area (Å²) in [6.45, 7) is 4.40. The van der Waals surface area contributed by atoms with Crippen LogP contribution < -0.4 is 5.32 Å². The van der Waals surface area contributed by atoms with Crippen LogP contribution in [0.3, 0.4) is 0 Å². The molecular weight excluding hydrogens is 390 g/mol. The van der Waals surface area contributed by atoms with Crippen molar-refractivity contribution in [1.29, 1.82) is 0 Å². The van der Waals surface area contributed by atoms with Crippen molar-refractivity contribution >= 4 is 17.7 Å². The Morgan fingerprint density at radius 3 is 2.16 bits per heavy atom. The van der Waals surface area contributed by atoms with Crippen LogP contribution in [0.1, 0.15) is 25.0 Å². The molecule has 2 aromatic carbocycles. The van der Waals surface area contributed by atoms with Gasteiger partial charge in [0.1, 0.15) is 6.04 Å². The molecule has 3 rings (SSSR count). The lowest BCUT2D eigenvalue weighted by Crippen LogP contribution is -2.54. The van der Waals surface area contributed by atoms with Crippen molar-refractivity contribution in [2.24, 2.45) is 15.9 Å². The Kier molecular flexibility index (Phi) is 7.45. The minimum atomic E-state index is -0.876. The summed E-state index contributed by atoms with van der Waals surface area (Å²) in [4.78, 5) is 22.5. The molecule has 6 heteroatoms. The van der Waals surface area contributed by atoms with Gasteiger partial charge >= 0.3 is 0 Å². The van der Waals surface area contributed by atoms with E-state index in [-0.39, 0.29) is 24.4 Å². The minimum Gasteiger partial charge on any atom is -0.483 e. The Balaban J connectivity index is 1.90. The Hall–Kier alpha value is -3.15. The van der Waals surface area contributed by atoms with Gasteiger partial charge < -0.3 is 14.8 Å². The molecule has 1 N–H and O–H groups in total. The second kappa shape index (κ2) is 10.2. The van der Waals surface area contributed by atoms with Crippen molar-refractivity contribution < 1.29 is 14.3 Å². The number of methoxy groups -OCH3 is 2. The van der Waals surface area contributed by atoms with Crippen molar-refractivity contribution in [3.8, 4) is 0 Å². The SMILES string of the molecule is COC1=N[C@@](CNC(=O)Cc2ccccc2)(Cc2ccccc2)C(OC)=N[C@H]1C(C)C. The fourth-order valence-electron chi connectivity index (χ4n) is 3.78. The molecule has 0 fully saturated rings. The first-order valence-corrected chi connectivity index (χ1v) is 10.6. The molecule has 0 saturated heterocycles. The van der Waals surface area contributed by atoms with E-state index in [1.54, 1.807) is 14.2 Å². The molecule has 1 aliphatic rings. The van der Waals surface area contributed by atoms with Crippen LogP contribution in [0.25, 0.3) is 0 Å². The highest BCUT2D eigenvalue weighted by molar-refractivity contribution is 5.97. The first kappa shape index (κ1) is 22.5. The third kappa shape index (κ3) is 5.51. The minimum absolute atomic E-state index is 0.0748. The molecule has 31 heavy (non-hydrogen) atoms. The average Bonchev–Trinajstić information content (AvgIpc) is 2.78. The van der Waals surface area contributed by atoms with Crippen LogP contribution in [-0.2, 0) is 27.1 Å². The number of nitrogens with one attached hydrogen (secondary N) is 1. The van der Waals surface area contributed by atoms with Crippen LogP contribution >= 0.6 is 0 Å². The van der Waals surface area contributed by atoms with Gasteiger partial charge in [-0.1, -0.05) is 74.5 Å². The molecule has 0 spiro atoms. The highest BCUT2D eigenvalue weighted by atomic mass is 16.5. The quantitative estimate of drug-likeness (QED) is 0.744. The van der Waals surface area contributed by atoms with Crippen molar-refractivity contribution in [3.05, 3.63) is 71.8 Å². The first-order valence-electron chi connectivity index (χ1n) is 10.6. The fraction of sp³-hybridized carbons (Fsp3) is 0.400. The summed E-state index contributed by atoms with van der Waals surface area (Å²) in [7, 11) is 3.22. The number of aliphatic imine (C=N–C) groups is 2. The van der Waals surface area contributed by atoms with Gasteiger partial charge in [0.2, 0.25) is 17.7 Å². The standard InChI is InChI=1S/C25H31N3O3/c1-18(2)22-23(30-3)28-25(24(27-22)31-4,16-20-13-9-6-10-14-20)17-26-21(29)15-19-11-7-5-8-12-19/h5-14,18,22H,15-17H2,1-4H3,(H,26,29)/t22-,25+/m0/s1. The molecule has 1 aliphatic heterocycles. The summed E-state index contributed by atoms with van der Waals surface area (Å²) in [5, 5.41) is 3.05. The predicted molar refractivity (Wildman–Crippen MR) is 124 cm³/mol. The third-order valence-electron chi connectivity index (χ3n) is 5.39. The molecule has 0 aromatic heterocycles. The van der Waals surface area contributed by atoms with Crippen molar-refractivity contribution in [3.63, 3.8) is 0 Å². The van der Waals surface area contributed by atoms with Crippen LogP contribution in [0.5, 0.6) is 0 Å². The maximum Gasteiger partial charge on any atom is 0.224 e. The number of rotatable bonds is 7. The van der Waals surface area contributed by atoms with Crippen LogP contribution in [-0.4, -0.2) is 50.0 Å². The average molecular weight is 422 g/mol.